The largest absolute Gasteiger partial charge is 1.00 e. The van der Waals surface area contributed by atoms with Gasteiger partial charge < -0.3 is 88.1 Å². The number of unbranched alkanes of at least 4 members (excludes halogenated alkanes) is 2. The standard InChI is InChI=1S/C20H35NO7S.3C14H23NO5S.K.2Li.Na/c1-3-5-10-27-15-18(22)13-21(14-19(23)16-28-11-6-4-2)17-8-7-9-20(12-17)29(24,25)26;3*1-3-12(16)9-15(10-13(17)4-2)11-6-5-7-14(8-11)21(18,19)20;;;;/h7-9,12,18-19,22-23H,3-6,10-11,13-16H2,1-2H3,(H,24,25,26);3*5-8,12-13,16-17H,3-4,9-10H2,1-2H3,(H,18,19,20);;;;/q;;;;4*+1/p-4. The molecule has 528 valence electrons. The van der Waals surface area contributed by atoms with Crippen LogP contribution in [-0.4, -0.2) is 220 Å². The summed E-state index contributed by atoms with van der Waals surface area (Å²) in [5.74, 6) is 0. The van der Waals surface area contributed by atoms with Crippen LogP contribution in [0.3, 0.4) is 0 Å². The summed E-state index contributed by atoms with van der Waals surface area (Å²) >= 11 is 0. The molecule has 0 saturated carbocycles. The molecule has 0 bridgehead atoms. The minimum atomic E-state index is -4.61. The monoisotopic (exact) mass is 1460 g/mol. The fourth-order valence-corrected chi connectivity index (χ4v) is 10.4. The van der Waals surface area contributed by atoms with E-state index in [0.717, 1.165) is 25.7 Å². The van der Waals surface area contributed by atoms with Crippen molar-refractivity contribution in [1.29, 1.82) is 0 Å². The molecular weight excluding hydrogens is 1360 g/mol. The van der Waals surface area contributed by atoms with Gasteiger partial charge >= 0.3 is 119 Å². The third-order valence-electron chi connectivity index (χ3n) is 14.1. The van der Waals surface area contributed by atoms with Gasteiger partial charge in [0.2, 0.25) is 0 Å². The Kier molecular flexibility index (Phi) is 57.0. The van der Waals surface area contributed by atoms with Gasteiger partial charge in [-0.05, 0) is 124 Å². The fraction of sp³-hybridized carbons (Fsp3) is 0.613. The molecule has 4 rings (SSSR count). The van der Waals surface area contributed by atoms with E-state index in [1.807, 2.05) is 55.4 Å². The van der Waals surface area contributed by atoms with Crippen molar-refractivity contribution in [2.45, 2.75) is 188 Å². The van der Waals surface area contributed by atoms with Crippen molar-refractivity contribution in [3.63, 3.8) is 0 Å². The van der Waals surface area contributed by atoms with Gasteiger partial charge in [-0.1, -0.05) is 92.5 Å². The molecule has 34 heteroatoms. The summed E-state index contributed by atoms with van der Waals surface area (Å²) in [7, 11) is -18.2. The SMILES string of the molecule is CCC(O)CN(CC(O)CC)c1cccc(S(=O)(=O)[O-])c1.CCC(O)CN(CC(O)CC)c1cccc(S(=O)(=O)[O-])c1.CCC(O)CN(CC(O)CC)c1cccc(S(=O)(=O)[O-])c1.CCCCOCC(O)CN(CC(O)COCCCC)c1cccc(S(=O)(=O)[O-])c1.[K+].[Li+].[Li+].[Na+]. The summed E-state index contributed by atoms with van der Waals surface area (Å²) in [6.07, 6.45) is 1.76. The van der Waals surface area contributed by atoms with Crippen molar-refractivity contribution < 1.29 is 221 Å². The zero-order valence-corrected chi connectivity index (χ0v) is 66.5. The smallest absolute Gasteiger partial charge is 0.744 e. The van der Waals surface area contributed by atoms with Gasteiger partial charge in [0.1, 0.15) is 40.5 Å². The number of benzene rings is 4. The van der Waals surface area contributed by atoms with Gasteiger partial charge in [0.25, 0.3) is 0 Å². The molecule has 0 aliphatic carbocycles. The van der Waals surface area contributed by atoms with Crippen LogP contribution in [0.25, 0.3) is 0 Å². The third kappa shape index (κ3) is 43.3. The molecule has 4 aromatic carbocycles. The zero-order chi connectivity index (χ0) is 69.8. The molecule has 8 N–H and O–H groups in total. The van der Waals surface area contributed by atoms with Gasteiger partial charge in [-0.15, -0.1) is 0 Å². The minimum absolute atomic E-state index is 0. The van der Waals surface area contributed by atoms with Crippen LogP contribution in [0.2, 0.25) is 0 Å². The third-order valence-corrected chi connectivity index (χ3v) is 17.4. The van der Waals surface area contributed by atoms with Crippen molar-refractivity contribution >= 4 is 63.2 Å². The molecule has 8 unspecified atom stereocenters. The van der Waals surface area contributed by atoms with E-state index in [2.05, 4.69) is 0 Å². The normalized spacial score (nSPS) is 13.9. The number of aliphatic hydroxyl groups excluding tert-OH is 8. The second kappa shape index (κ2) is 53.9. The molecule has 4 aromatic rings. The molecule has 0 saturated heterocycles. The average Bonchev–Trinajstić information content (AvgIpc) is 0.874. The Labute approximate surface area is 660 Å². The predicted octanol–water partition coefficient (Wildman–Crippen LogP) is -7.42. The maximum absolute atomic E-state index is 11.3. The van der Waals surface area contributed by atoms with Gasteiger partial charge in [-0.25, -0.2) is 33.7 Å². The molecule has 0 amide bonds. The van der Waals surface area contributed by atoms with Crippen molar-refractivity contribution in [3.8, 4) is 0 Å². The molecule has 0 spiro atoms. The Morgan fingerprint density at radius 2 is 0.521 bits per heavy atom. The number of rotatable bonds is 40. The van der Waals surface area contributed by atoms with Gasteiger partial charge in [-0.2, -0.15) is 0 Å². The molecule has 0 heterocycles. The van der Waals surface area contributed by atoms with Crippen molar-refractivity contribution in [2.24, 2.45) is 0 Å². The van der Waals surface area contributed by atoms with E-state index in [-0.39, 0.29) is 204 Å². The van der Waals surface area contributed by atoms with E-state index in [9.17, 15) is 92.7 Å². The fourth-order valence-electron chi connectivity index (χ4n) is 8.33. The molecule has 0 radical (unpaired) electrons. The van der Waals surface area contributed by atoms with E-state index in [1.165, 1.54) is 72.8 Å². The Morgan fingerprint density at radius 3 is 0.677 bits per heavy atom. The Morgan fingerprint density at radius 1 is 0.344 bits per heavy atom. The van der Waals surface area contributed by atoms with Crippen molar-refractivity contribution in [1.82, 2.24) is 0 Å². The van der Waals surface area contributed by atoms with Crippen LogP contribution in [0.15, 0.2) is 117 Å². The number of hydrogen-bond acceptors (Lipinski definition) is 26. The molecule has 8 atom stereocenters. The average molecular weight is 1460 g/mol. The summed E-state index contributed by atoms with van der Waals surface area (Å²) in [4.78, 5) is 5.40. The molecule has 0 aliphatic rings. The number of nitrogens with zero attached hydrogens (tertiary/aromatic N) is 4. The summed E-state index contributed by atoms with van der Waals surface area (Å²) in [6.45, 7) is 18.2. The van der Waals surface area contributed by atoms with Gasteiger partial charge in [0.15, 0.2) is 0 Å². The first-order chi connectivity index (χ1) is 43.1. The van der Waals surface area contributed by atoms with E-state index < -0.39 is 89.3 Å². The minimum Gasteiger partial charge on any atom is -0.744 e. The number of hydrogen-bond donors (Lipinski definition) is 8. The van der Waals surface area contributed by atoms with Crippen LogP contribution in [0.4, 0.5) is 22.7 Å². The Balaban J connectivity index is -0.000000586. The summed E-state index contributed by atoms with van der Waals surface area (Å²) in [5, 5.41) is 79.4. The van der Waals surface area contributed by atoms with E-state index in [0.29, 0.717) is 74.5 Å². The van der Waals surface area contributed by atoms with Gasteiger partial charge in [0, 0.05) is 88.3 Å². The summed E-state index contributed by atoms with van der Waals surface area (Å²) in [5.41, 5.74) is 1.90. The first-order valence-electron chi connectivity index (χ1n) is 30.9. The molecule has 26 nitrogen and oxygen atoms in total. The molecule has 96 heavy (non-hydrogen) atoms. The number of aliphatic hydroxyl groups is 8. The van der Waals surface area contributed by atoms with Crippen LogP contribution in [-0.2, 0) is 49.9 Å². The maximum Gasteiger partial charge on any atom is 1.00 e. The Bertz CT molecular complexity index is 2870. The van der Waals surface area contributed by atoms with Crippen LogP contribution in [0, 0.1) is 0 Å². The van der Waals surface area contributed by atoms with Crippen molar-refractivity contribution in [3.05, 3.63) is 97.1 Å². The summed E-state index contributed by atoms with van der Waals surface area (Å²) in [6, 6.07) is 22.5. The van der Waals surface area contributed by atoms with E-state index in [1.54, 1.807) is 43.9 Å². The van der Waals surface area contributed by atoms with Crippen LogP contribution in [0.1, 0.15) is 120 Å². The van der Waals surface area contributed by atoms with Gasteiger partial charge in [-0.3, -0.25) is 0 Å². The topological polar surface area (TPSA) is 422 Å². The zero-order valence-electron chi connectivity index (χ0n) is 58.1. The second-order valence-electron chi connectivity index (χ2n) is 22.0. The van der Waals surface area contributed by atoms with Crippen LogP contribution < -0.4 is 138 Å². The van der Waals surface area contributed by atoms with E-state index >= 15 is 0 Å². The number of ether oxygens (including phenoxy) is 2. The van der Waals surface area contributed by atoms with Gasteiger partial charge in [0.05, 0.1) is 81.6 Å². The molecule has 0 aliphatic heterocycles. The predicted molar refractivity (Wildman–Crippen MR) is 348 cm³/mol. The second-order valence-corrected chi connectivity index (χ2v) is 27.5. The first-order valence-corrected chi connectivity index (χ1v) is 36.6. The van der Waals surface area contributed by atoms with Crippen molar-refractivity contribution in [2.75, 3.05) is 98.4 Å². The number of anilines is 4. The summed E-state index contributed by atoms with van der Waals surface area (Å²) < 4.78 is 145. The molecular formula is C62H100KLi2N4NaO22S4. The quantitative estimate of drug-likeness (QED) is 0.0116. The Hall–Kier alpha value is -0.849. The molecule has 0 fully saturated rings. The van der Waals surface area contributed by atoms with Crippen LogP contribution in [0.5, 0.6) is 0 Å². The van der Waals surface area contributed by atoms with Crippen LogP contribution >= 0.6 is 0 Å². The first kappa shape index (κ1) is 102. The van der Waals surface area contributed by atoms with E-state index in [4.69, 9.17) is 9.47 Å². The molecule has 0 aromatic heterocycles. The maximum atomic E-state index is 11.3.